The number of carbonyl (C=O) groups excluding carboxylic acids is 4. The second-order valence-corrected chi connectivity index (χ2v) is 9.25. The van der Waals surface area contributed by atoms with Crippen molar-refractivity contribution in [3.8, 4) is 0 Å². The van der Waals surface area contributed by atoms with Crippen LogP contribution in [0.5, 0.6) is 0 Å². The minimum Gasteiger partial charge on any atom is -0.481 e. The molecule has 3 amide bonds. The number of aliphatic carboxylic acids is 1. The molecule has 36 heavy (non-hydrogen) atoms. The zero-order valence-corrected chi connectivity index (χ0v) is 19.8. The third-order valence-corrected chi connectivity index (χ3v) is 6.68. The molecule has 3 heterocycles. The van der Waals surface area contributed by atoms with Crippen LogP contribution in [0.25, 0.3) is 0 Å². The lowest BCUT2D eigenvalue weighted by atomic mass is 9.79. The molecule has 192 valence electrons. The molecule has 0 aromatic carbocycles. The van der Waals surface area contributed by atoms with Gasteiger partial charge < -0.3 is 25.6 Å². The lowest BCUT2D eigenvalue weighted by Crippen LogP contribution is -2.52. The van der Waals surface area contributed by atoms with Gasteiger partial charge in [0.15, 0.2) is 0 Å². The predicted octanol–water partition coefficient (Wildman–Crippen LogP) is -0.604. The predicted molar refractivity (Wildman–Crippen MR) is 123 cm³/mol. The fourth-order valence-electron chi connectivity index (χ4n) is 5.03. The molecule has 5 N–H and O–H groups in total. The van der Waals surface area contributed by atoms with E-state index in [4.69, 9.17) is 5.11 Å². The third-order valence-electron chi connectivity index (χ3n) is 6.68. The number of carboxylic acid groups (broad SMARTS) is 1. The number of aromatic amines is 1. The minimum absolute atomic E-state index is 0.0109. The van der Waals surface area contributed by atoms with E-state index < -0.39 is 41.7 Å². The lowest BCUT2D eigenvalue weighted by Gasteiger charge is -2.33. The van der Waals surface area contributed by atoms with Crippen molar-refractivity contribution in [3.05, 3.63) is 35.4 Å². The van der Waals surface area contributed by atoms with E-state index >= 15 is 0 Å². The van der Waals surface area contributed by atoms with Crippen molar-refractivity contribution in [3.63, 3.8) is 0 Å². The smallest absolute Gasteiger partial charge is 0.303 e. The molecule has 0 fully saturated rings. The second kappa shape index (κ2) is 10.7. The largest absolute Gasteiger partial charge is 0.481 e. The molecular formula is C23H29N7O6. The number of H-pyrrole nitrogens is 1. The van der Waals surface area contributed by atoms with Gasteiger partial charge in [-0.05, 0) is 30.9 Å². The summed E-state index contributed by atoms with van der Waals surface area (Å²) in [6, 6.07) is 0.378. The minimum atomic E-state index is -1.08. The van der Waals surface area contributed by atoms with E-state index in [1.54, 1.807) is 6.20 Å². The first-order chi connectivity index (χ1) is 17.2. The van der Waals surface area contributed by atoms with Crippen LogP contribution in [-0.2, 0) is 43.5 Å². The zero-order chi connectivity index (χ0) is 25.8. The van der Waals surface area contributed by atoms with Crippen LogP contribution < -0.4 is 16.0 Å². The highest BCUT2D eigenvalue weighted by Crippen LogP contribution is 2.38. The molecule has 2 aromatic heterocycles. The Kier molecular flexibility index (Phi) is 7.46. The lowest BCUT2D eigenvalue weighted by molar-refractivity contribution is -0.138. The van der Waals surface area contributed by atoms with Gasteiger partial charge in [0.25, 0.3) is 0 Å². The molecule has 4 rings (SSSR count). The summed E-state index contributed by atoms with van der Waals surface area (Å²) in [5.41, 5.74) is 2.37. The molecule has 13 heteroatoms. The van der Waals surface area contributed by atoms with Gasteiger partial charge in [-0.1, -0.05) is 5.21 Å². The molecule has 0 saturated carbocycles. The number of aryl methyl sites for hydroxylation is 1. The van der Waals surface area contributed by atoms with Crippen LogP contribution in [-0.4, -0.2) is 66.6 Å². The van der Waals surface area contributed by atoms with Crippen molar-refractivity contribution in [2.45, 2.75) is 70.1 Å². The fraction of sp³-hybridized carbons (Fsp3) is 0.522. The van der Waals surface area contributed by atoms with Crippen LogP contribution >= 0.6 is 0 Å². The van der Waals surface area contributed by atoms with Crippen LogP contribution in [0, 0.1) is 5.92 Å². The van der Waals surface area contributed by atoms with Crippen molar-refractivity contribution >= 4 is 29.5 Å². The highest BCUT2D eigenvalue weighted by molar-refractivity contribution is 5.93. The molecule has 2 aromatic rings. The average molecular weight is 500 g/mol. The molecule has 13 nitrogen and oxygen atoms in total. The van der Waals surface area contributed by atoms with Crippen molar-refractivity contribution < 1.29 is 29.1 Å². The van der Waals surface area contributed by atoms with Crippen LogP contribution in [0.2, 0.25) is 0 Å². The number of hydrogen-bond acceptors (Lipinski definition) is 7. The average Bonchev–Trinajstić information content (AvgIpc) is 3.46. The van der Waals surface area contributed by atoms with E-state index in [1.807, 2.05) is 16.8 Å². The maximum atomic E-state index is 13.5. The van der Waals surface area contributed by atoms with E-state index in [9.17, 15) is 24.0 Å². The molecule has 4 atom stereocenters. The van der Waals surface area contributed by atoms with Crippen LogP contribution in [0.15, 0.2) is 18.5 Å². The third kappa shape index (κ3) is 5.61. The maximum Gasteiger partial charge on any atom is 0.303 e. The van der Waals surface area contributed by atoms with Crippen molar-refractivity contribution in [2.75, 3.05) is 0 Å². The zero-order valence-electron chi connectivity index (χ0n) is 19.8. The molecule has 0 radical (unpaired) electrons. The Balaban J connectivity index is 1.50. The van der Waals surface area contributed by atoms with Gasteiger partial charge in [-0.15, -0.1) is 5.10 Å². The first kappa shape index (κ1) is 25.1. The number of carboxylic acids is 1. The van der Waals surface area contributed by atoms with Crippen molar-refractivity contribution in [1.82, 2.24) is 35.9 Å². The Labute approximate surface area is 206 Å². The summed E-state index contributed by atoms with van der Waals surface area (Å²) in [7, 11) is 0. The van der Waals surface area contributed by atoms with Crippen molar-refractivity contribution in [2.24, 2.45) is 5.92 Å². The van der Waals surface area contributed by atoms with Gasteiger partial charge in [0.1, 0.15) is 17.5 Å². The summed E-state index contributed by atoms with van der Waals surface area (Å²) >= 11 is 0. The number of hydrogen-bond donors (Lipinski definition) is 5. The highest BCUT2D eigenvalue weighted by atomic mass is 16.4. The molecule has 1 aliphatic carbocycles. The van der Waals surface area contributed by atoms with E-state index in [0.717, 1.165) is 11.3 Å². The Morgan fingerprint density at radius 2 is 2.11 bits per heavy atom. The number of carbonyl (C=O) groups is 5. The van der Waals surface area contributed by atoms with E-state index in [0.29, 0.717) is 25.1 Å². The molecular weight excluding hydrogens is 470 g/mol. The first-order valence-corrected chi connectivity index (χ1v) is 11.9. The van der Waals surface area contributed by atoms with Crippen molar-refractivity contribution in [1.29, 1.82) is 0 Å². The standard InChI is InChI=1S/C23H29N7O6/c1-12(31)26-17(4-5-19(33)34)23(36)27-16-3-2-13-6-7-30-11-14(8-18(32)20(16)21(13)30)22(35)24-9-15-10-25-29-28-15/h6-7,10,14,16-17,20H,2-5,8-9,11H2,1H3,(H,24,35)(H,26,31)(H,27,36)(H,33,34)(H,25,28,29)/t14-,16-,17?,20?/m0/s1. The summed E-state index contributed by atoms with van der Waals surface area (Å²) in [6.07, 6.45) is 4.24. The molecule has 0 saturated heterocycles. The summed E-state index contributed by atoms with van der Waals surface area (Å²) in [5, 5.41) is 27.2. The number of ketones is 1. The molecule has 1 aliphatic heterocycles. The monoisotopic (exact) mass is 499 g/mol. The Bertz CT molecular complexity index is 1160. The summed E-state index contributed by atoms with van der Waals surface area (Å²) in [4.78, 5) is 62.0. The van der Waals surface area contributed by atoms with E-state index in [2.05, 4.69) is 31.4 Å². The van der Waals surface area contributed by atoms with Crippen LogP contribution in [0.1, 0.15) is 55.5 Å². The SMILES string of the molecule is CC(=O)NC(CCC(=O)O)C(=O)N[C@H]1CCc2ccn3c2C1C(=O)C[C@H](C(=O)NCc1c[nH]nn1)C3. The molecule has 2 aliphatic rings. The summed E-state index contributed by atoms with van der Waals surface area (Å²) in [6.45, 7) is 1.77. The van der Waals surface area contributed by atoms with Gasteiger partial charge in [0, 0.05) is 50.4 Å². The summed E-state index contributed by atoms with van der Waals surface area (Å²) < 4.78 is 1.92. The number of amides is 3. The van der Waals surface area contributed by atoms with Gasteiger partial charge in [-0.2, -0.15) is 0 Å². The number of nitrogens with one attached hydrogen (secondary N) is 4. The number of aromatic nitrogens is 4. The first-order valence-electron chi connectivity index (χ1n) is 11.9. The Morgan fingerprint density at radius 3 is 2.81 bits per heavy atom. The van der Waals surface area contributed by atoms with E-state index in [1.165, 1.54) is 6.92 Å². The molecule has 0 bridgehead atoms. The maximum absolute atomic E-state index is 13.5. The fourth-order valence-corrected chi connectivity index (χ4v) is 5.03. The quantitative estimate of drug-likeness (QED) is 0.302. The number of rotatable bonds is 9. The molecule has 0 spiro atoms. The van der Waals surface area contributed by atoms with Gasteiger partial charge in [-0.3, -0.25) is 29.1 Å². The van der Waals surface area contributed by atoms with Crippen LogP contribution in [0.4, 0.5) is 0 Å². The number of nitrogens with zero attached hydrogens (tertiary/aromatic N) is 3. The summed E-state index contributed by atoms with van der Waals surface area (Å²) in [5.74, 6) is -3.72. The number of Topliss-reactive ketones (excluding diaryl/α,β-unsaturated/α-hetero) is 1. The van der Waals surface area contributed by atoms with Gasteiger partial charge in [-0.25, -0.2) is 0 Å². The second-order valence-electron chi connectivity index (χ2n) is 9.25. The Hall–Kier alpha value is -4.03. The highest BCUT2D eigenvalue weighted by Gasteiger charge is 2.42. The van der Waals surface area contributed by atoms with Gasteiger partial charge >= 0.3 is 5.97 Å². The molecule has 2 unspecified atom stereocenters. The normalized spacial score (nSPS) is 21.6. The topological polar surface area (TPSA) is 188 Å². The van der Waals surface area contributed by atoms with E-state index in [-0.39, 0.29) is 37.5 Å². The Morgan fingerprint density at radius 1 is 1.31 bits per heavy atom. The van der Waals surface area contributed by atoms with Gasteiger partial charge in [0.05, 0.1) is 18.4 Å². The van der Waals surface area contributed by atoms with Gasteiger partial charge in [0.2, 0.25) is 17.7 Å². The van der Waals surface area contributed by atoms with Crippen LogP contribution in [0.3, 0.4) is 0 Å².